The summed E-state index contributed by atoms with van der Waals surface area (Å²) in [5.74, 6) is 2.56. The number of ketones is 2. The number of thiazole rings is 1. The summed E-state index contributed by atoms with van der Waals surface area (Å²) in [5.41, 5.74) is 3.05. The second-order valence-electron chi connectivity index (χ2n) is 36.0. The number of methoxy groups -OCH3 is 5. The van der Waals surface area contributed by atoms with E-state index in [4.69, 9.17) is 80.8 Å². The third-order valence-corrected chi connectivity index (χ3v) is 27.7. The minimum absolute atomic E-state index is 0.0139. The summed E-state index contributed by atoms with van der Waals surface area (Å²) in [4.78, 5) is 135. The zero-order chi connectivity index (χ0) is 106. The molecule has 0 saturated heterocycles. The summed E-state index contributed by atoms with van der Waals surface area (Å²) in [5, 5.41) is 0.731. The van der Waals surface area contributed by atoms with Crippen molar-refractivity contribution in [2.45, 2.75) is 258 Å². The molecular formula is C116H155NO27S2. The topological polar surface area (TPSA) is 348 Å². The third-order valence-electron chi connectivity index (χ3n) is 25.4. The van der Waals surface area contributed by atoms with Crippen LogP contribution in [0.2, 0.25) is 0 Å². The highest BCUT2D eigenvalue weighted by Crippen LogP contribution is 2.44. The van der Waals surface area contributed by atoms with Gasteiger partial charge in [0, 0.05) is 71.8 Å². The molecule has 11 rings (SSSR count). The maximum Gasteiger partial charge on any atom is 0.338 e. The molecule has 0 atom stereocenters. The van der Waals surface area contributed by atoms with Gasteiger partial charge in [-0.25, -0.2) is 33.8 Å². The Bertz CT molecular complexity index is 4960. The molecule has 2 heterocycles. The molecule has 0 bridgehead atoms. The number of carbonyl (C=O) groups excluding carboxylic acids is 11. The van der Waals surface area contributed by atoms with Crippen LogP contribution in [0.4, 0.5) is 0 Å². The molecule has 5 aromatic carbocycles. The van der Waals surface area contributed by atoms with Crippen LogP contribution in [0.1, 0.15) is 254 Å². The summed E-state index contributed by atoms with van der Waals surface area (Å²) < 4.78 is 84.4. The van der Waals surface area contributed by atoms with E-state index in [9.17, 15) is 52.7 Å². The van der Waals surface area contributed by atoms with E-state index in [2.05, 4.69) is 64.1 Å². The number of aryl methyl sites for hydroxylation is 1. The van der Waals surface area contributed by atoms with E-state index in [1.807, 2.05) is 79.1 Å². The van der Waals surface area contributed by atoms with Crippen LogP contribution in [-0.2, 0) is 97.0 Å². The highest BCUT2D eigenvalue weighted by atomic mass is 32.1. The molecule has 0 unspecified atom stereocenters. The molecule has 4 aliphatic rings. The van der Waals surface area contributed by atoms with Crippen molar-refractivity contribution < 1.29 is 129 Å². The number of unbranched alkanes of at least 4 members (excludes halogenated alkanes) is 11. The largest absolute Gasteiger partial charge is 0.497 e. The normalized spacial score (nSPS) is 16.9. The van der Waals surface area contributed by atoms with E-state index >= 15 is 0 Å². The van der Waals surface area contributed by atoms with Gasteiger partial charge in [0.25, 0.3) is 0 Å². The molecule has 30 heteroatoms. The van der Waals surface area contributed by atoms with E-state index < -0.39 is 11.9 Å². The van der Waals surface area contributed by atoms with Gasteiger partial charge >= 0.3 is 53.7 Å². The lowest BCUT2D eigenvalue weighted by Crippen LogP contribution is -2.28. The van der Waals surface area contributed by atoms with Gasteiger partial charge in [-0.05, 0) is 315 Å². The monoisotopic (exact) mass is 2060 g/mol. The summed E-state index contributed by atoms with van der Waals surface area (Å²) in [6.07, 6.45) is 39.1. The fraction of sp³-hybridized carbons (Fsp3) is 0.517. The number of hydrogen-bond acceptors (Lipinski definition) is 30. The van der Waals surface area contributed by atoms with E-state index in [-0.39, 0.29) is 82.9 Å². The molecule has 146 heavy (non-hydrogen) atoms. The number of benzene rings is 5. The average molecular weight is 2060 g/mol. The van der Waals surface area contributed by atoms with Crippen LogP contribution in [0.3, 0.4) is 0 Å². The van der Waals surface area contributed by atoms with Crippen LogP contribution in [0, 0.1) is 35.5 Å². The fourth-order valence-corrected chi connectivity index (χ4v) is 18.7. The van der Waals surface area contributed by atoms with E-state index in [1.165, 1.54) is 78.2 Å². The highest BCUT2D eigenvalue weighted by Gasteiger charge is 2.34. The summed E-state index contributed by atoms with van der Waals surface area (Å²) in [6, 6.07) is 37.8. The molecule has 798 valence electrons. The molecule has 7 aromatic rings. The molecule has 0 aliphatic heterocycles. The zero-order valence-corrected chi connectivity index (χ0v) is 88.6. The molecule has 0 amide bonds. The molecule has 2 aromatic heterocycles. The number of nitrogens with zero attached hydrogens (tertiary/aromatic N) is 1. The molecule has 4 aliphatic carbocycles. The SMILES string of the molecule is C=CC(=O)OCCCCCCC1CCC(OC)CC1.C=CC(=O)OCCCCCCOC(=O)c1ccc(OC)cc1.C=CC(=O)OCCCCCCOc1ccc(OC)cc1.C=CC(=O)OCCCCOC(=O)C1CCC(OC)CC1.C=CC(=O)OCCCCOc1ccc(OC)cc1.CCCc1ccc(-c2ccc(-c3nc4c(OC(=O)C5CCC(C(C)=O)CC5)ccc(OC(=O)C5CCC(C(C)=O)CC5)c4s3)cc2)s1. The second-order valence-corrected chi connectivity index (χ2v) is 38.2. The van der Waals surface area contributed by atoms with Gasteiger partial charge in [0.15, 0.2) is 11.5 Å². The van der Waals surface area contributed by atoms with Gasteiger partial charge in [-0.3, -0.25) is 24.0 Å². The van der Waals surface area contributed by atoms with Crippen molar-refractivity contribution in [3.8, 4) is 61.3 Å². The number of aromatic nitrogens is 1. The van der Waals surface area contributed by atoms with Crippen molar-refractivity contribution in [2.75, 3.05) is 95.0 Å². The van der Waals surface area contributed by atoms with Crippen molar-refractivity contribution in [1.82, 2.24) is 4.98 Å². The summed E-state index contributed by atoms with van der Waals surface area (Å²) in [7, 11) is 8.38. The minimum atomic E-state index is -0.420. The predicted octanol–water partition coefficient (Wildman–Crippen LogP) is 24.5. The molecule has 4 saturated carbocycles. The number of carbonyl (C=O) groups is 11. The first-order valence-corrected chi connectivity index (χ1v) is 53.1. The standard InChI is InChI=1S/C38H41NO6S2.C17H22O5.C16H22O4.C16H28O3.C15H24O5.C14H18O4/c1-4-5-30-18-21-33(46-30)26-10-12-27(13-11-26)36-39-34-31(44-37(42)28-14-6-24(7-15-28)22(2)40)19-20-32(35(34)47-36)45-38(43)29-16-8-25(9-17-29)23(3)41;1-3-16(18)21-12-6-4-5-7-13-22-17(19)14-8-10-15(20-2)11-9-14;1-3-16(17)20-13-7-5-4-6-12-19-15-10-8-14(18-2)9-11-15;1-3-16(17)19-13-7-5-4-6-8-14-9-11-15(18-2)12-10-14;1-3-14(16)19-10-4-5-11-20-15(17)12-6-8-13(18-2)9-7-12;1-3-14(15)18-11-5-4-10-17-13-8-6-12(16-2)7-9-13/h10-13,18-21,24-25,28-29H,4-9,14-17H2,1-3H3;3,8-11H,1,4-7,12-13H2,2H3;3,8-11H,1,4-7,12-13H2,2H3;3,14-15H,1,4-13H2,2H3;3,12-13H,1,4-11H2,2H3;3,6-9H,1,4-5,10-11H2,2H3. The lowest BCUT2D eigenvalue weighted by atomic mass is 9.80. The second kappa shape index (κ2) is 73.0. The van der Waals surface area contributed by atoms with Crippen LogP contribution in [0.25, 0.3) is 31.2 Å². The minimum Gasteiger partial charge on any atom is -0.497 e. The van der Waals surface area contributed by atoms with Crippen LogP contribution in [0.15, 0.2) is 185 Å². The maximum absolute atomic E-state index is 13.3. The van der Waals surface area contributed by atoms with Gasteiger partial charge in [0.1, 0.15) is 55.5 Å². The number of Topliss-reactive ketones (excluding diaryl/α,β-unsaturated/α-hetero) is 2. The lowest BCUT2D eigenvalue weighted by molar-refractivity contribution is -0.151. The number of thiophene rings is 1. The van der Waals surface area contributed by atoms with Gasteiger partial charge in [-0.1, -0.05) is 96.2 Å². The van der Waals surface area contributed by atoms with Crippen molar-refractivity contribution in [2.24, 2.45) is 35.5 Å². The summed E-state index contributed by atoms with van der Waals surface area (Å²) in [6.45, 7) is 26.3. The van der Waals surface area contributed by atoms with Crippen molar-refractivity contribution >= 4 is 98.2 Å². The predicted molar refractivity (Wildman–Crippen MR) is 567 cm³/mol. The quantitative estimate of drug-likeness (QED) is 0.0112. The molecule has 0 radical (unpaired) electrons. The number of rotatable bonds is 55. The molecule has 0 spiro atoms. The van der Waals surface area contributed by atoms with Crippen LogP contribution in [0.5, 0.6) is 40.2 Å². The molecule has 0 N–H and O–H groups in total. The highest BCUT2D eigenvalue weighted by molar-refractivity contribution is 7.22. The first kappa shape index (κ1) is 123. The van der Waals surface area contributed by atoms with Crippen molar-refractivity contribution in [3.63, 3.8) is 0 Å². The Labute approximate surface area is 871 Å². The van der Waals surface area contributed by atoms with E-state index in [0.29, 0.717) is 169 Å². The van der Waals surface area contributed by atoms with Crippen LogP contribution >= 0.6 is 22.7 Å². The van der Waals surface area contributed by atoms with Crippen molar-refractivity contribution in [3.05, 3.63) is 195 Å². The fourth-order valence-electron chi connectivity index (χ4n) is 16.5. The van der Waals surface area contributed by atoms with Gasteiger partial charge in [0.05, 0.1) is 116 Å². The van der Waals surface area contributed by atoms with Crippen molar-refractivity contribution in [1.29, 1.82) is 0 Å². The Morgan fingerprint density at radius 3 is 1.08 bits per heavy atom. The van der Waals surface area contributed by atoms with E-state index in [0.717, 1.165) is 179 Å². The number of ether oxygens (including phenoxy) is 16. The first-order valence-electron chi connectivity index (χ1n) is 51.4. The number of esters is 9. The first-order chi connectivity index (χ1) is 70.8. The maximum atomic E-state index is 13.3. The Hall–Kier alpha value is -12.1. The third kappa shape index (κ3) is 48.9. The van der Waals surface area contributed by atoms with Crippen LogP contribution in [-0.4, -0.2) is 177 Å². The number of hydrogen-bond donors (Lipinski definition) is 0. The molecule has 4 fully saturated rings. The Morgan fingerprint density at radius 2 is 0.671 bits per heavy atom. The summed E-state index contributed by atoms with van der Waals surface area (Å²) >= 11 is 3.22. The van der Waals surface area contributed by atoms with Gasteiger partial charge < -0.3 is 75.8 Å². The average Bonchev–Trinajstić information content (AvgIpc) is 1.62. The number of fused-ring (bicyclic) bond motifs is 1. The molecular weight excluding hydrogens is 1900 g/mol. The zero-order valence-electron chi connectivity index (χ0n) is 87.0. The van der Waals surface area contributed by atoms with E-state index in [1.54, 1.807) is 78.7 Å². The van der Waals surface area contributed by atoms with Crippen LogP contribution < -0.4 is 33.2 Å². The van der Waals surface area contributed by atoms with Gasteiger partial charge in [-0.2, -0.15) is 0 Å². The van der Waals surface area contributed by atoms with Gasteiger partial charge in [0.2, 0.25) is 0 Å². The Kier molecular flexibility index (Phi) is 61.3. The molecule has 28 nitrogen and oxygen atoms in total. The Morgan fingerprint density at radius 1 is 0.336 bits per heavy atom. The van der Waals surface area contributed by atoms with Gasteiger partial charge in [-0.15, -0.1) is 22.7 Å². The smallest absolute Gasteiger partial charge is 0.338 e. The Balaban J connectivity index is 0.000000283. The lowest BCUT2D eigenvalue weighted by Gasteiger charge is -2.27.